The molecule has 5 nitrogen and oxygen atoms in total. The molecule has 3 aromatic rings. The van der Waals surface area contributed by atoms with Gasteiger partial charge in [0.05, 0.1) is 12.4 Å². The van der Waals surface area contributed by atoms with Crippen molar-refractivity contribution in [1.82, 2.24) is 19.2 Å². The van der Waals surface area contributed by atoms with Gasteiger partial charge in [-0.05, 0) is 23.6 Å². The van der Waals surface area contributed by atoms with Gasteiger partial charge < -0.3 is 5.73 Å². The van der Waals surface area contributed by atoms with Crippen LogP contribution in [0.15, 0.2) is 36.9 Å². The zero-order valence-corrected chi connectivity index (χ0v) is 11.2. The summed E-state index contributed by atoms with van der Waals surface area (Å²) in [6.07, 6.45) is 8.29. The van der Waals surface area contributed by atoms with Crippen LogP contribution in [0.4, 0.5) is 0 Å². The highest BCUT2D eigenvalue weighted by atomic mass is 15.2. The van der Waals surface area contributed by atoms with E-state index in [0.29, 0.717) is 13.0 Å². The molecule has 0 amide bonds. The van der Waals surface area contributed by atoms with E-state index in [1.165, 1.54) is 0 Å². The number of imidazole rings is 1. The number of rotatable bonds is 2. The lowest BCUT2D eigenvalue weighted by Gasteiger charge is -1.99. The molecule has 0 unspecified atom stereocenters. The second-order valence-corrected chi connectivity index (χ2v) is 4.53. The molecule has 0 bridgehead atoms. The molecule has 0 aliphatic heterocycles. The number of nitrogens with two attached hydrogens (primary N) is 1. The van der Waals surface area contributed by atoms with Crippen LogP contribution in [0.25, 0.3) is 16.8 Å². The van der Waals surface area contributed by atoms with E-state index < -0.39 is 0 Å². The Balaban J connectivity index is 2.00. The van der Waals surface area contributed by atoms with Gasteiger partial charge in [0, 0.05) is 38.0 Å². The third-order valence-corrected chi connectivity index (χ3v) is 3.04. The minimum Gasteiger partial charge on any atom is -0.330 e. The monoisotopic (exact) mass is 265 g/mol. The Morgan fingerprint density at radius 3 is 2.95 bits per heavy atom. The topological polar surface area (TPSA) is 61.1 Å². The molecule has 2 N–H and O–H groups in total. The fourth-order valence-corrected chi connectivity index (χ4v) is 2.05. The summed E-state index contributed by atoms with van der Waals surface area (Å²) in [5.41, 5.74) is 9.37. The van der Waals surface area contributed by atoms with Gasteiger partial charge in [0.15, 0.2) is 0 Å². The largest absolute Gasteiger partial charge is 0.330 e. The maximum atomic E-state index is 5.43. The molecule has 0 aliphatic rings. The molecule has 3 aromatic heterocycles. The molecule has 0 aliphatic carbocycles. The second kappa shape index (κ2) is 5.19. The average Bonchev–Trinajstić information content (AvgIpc) is 3.05. The summed E-state index contributed by atoms with van der Waals surface area (Å²) in [5.74, 6) is 6.12. The lowest BCUT2D eigenvalue weighted by molar-refractivity contribution is 0.768. The van der Waals surface area contributed by atoms with Crippen molar-refractivity contribution in [3.63, 3.8) is 0 Å². The normalized spacial score (nSPS) is 10.5. The van der Waals surface area contributed by atoms with Crippen LogP contribution in [0.1, 0.15) is 12.1 Å². The molecule has 0 fully saturated rings. The third kappa shape index (κ3) is 2.29. The summed E-state index contributed by atoms with van der Waals surface area (Å²) in [6.45, 7) is 0.578. The van der Waals surface area contributed by atoms with E-state index in [1.54, 1.807) is 10.9 Å². The molecule has 0 aromatic carbocycles. The van der Waals surface area contributed by atoms with Crippen molar-refractivity contribution in [2.24, 2.45) is 12.8 Å². The number of hydrogen-bond acceptors (Lipinski definition) is 3. The zero-order valence-electron chi connectivity index (χ0n) is 11.2. The van der Waals surface area contributed by atoms with Crippen LogP contribution in [0.3, 0.4) is 0 Å². The maximum Gasteiger partial charge on any atom is 0.138 e. The molecule has 20 heavy (non-hydrogen) atoms. The van der Waals surface area contributed by atoms with Crippen molar-refractivity contribution < 1.29 is 0 Å². The van der Waals surface area contributed by atoms with Gasteiger partial charge in [-0.3, -0.25) is 9.08 Å². The highest BCUT2D eigenvalue weighted by Crippen LogP contribution is 2.20. The van der Waals surface area contributed by atoms with Crippen LogP contribution < -0.4 is 5.73 Å². The van der Waals surface area contributed by atoms with E-state index in [9.17, 15) is 0 Å². The smallest absolute Gasteiger partial charge is 0.138 e. The molecule has 0 saturated carbocycles. The van der Waals surface area contributed by atoms with E-state index in [0.717, 1.165) is 22.5 Å². The van der Waals surface area contributed by atoms with Crippen LogP contribution in [0, 0.1) is 11.8 Å². The minimum atomic E-state index is 0.578. The fourth-order valence-electron chi connectivity index (χ4n) is 2.05. The Morgan fingerprint density at radius 1 is 1.30 bits per heavy atom. The molecule has 0 spiro atoms. The molecule has 100 valence electrons. The summed E-state index contributed by atoms with van der Waals surface area (Å²) < 4.78 is 3.76. The lowest BCUT2D eigenvalue weighted by atomic mass is 10.1. The van der Waals surface area contributed by atoms with Gasteiger partial charge in [0.1, 0.15) is 11.3 Å². The standard InChI is InChI=1S/C15H15N5/c1-19-11-13(9-18-19)12-5-7-20-14(4-2-3-6-16)10-17-15(20)8-12/h5,7-11H,3,6,16H2,1H3. The van der Waals surface area contributed by atoms with Crippen LogP contribution in [-0.4, -0.2) is 25.7 Å². The van der Waals surface area contributed by atoms with Crippen LogP contribution in [0.2, 0.25) is 0 Å². The highest BCUT2D eigenvalue weighted by molar-refractivity contribution is 5.66. The predicted molar refractivity (Wildman–Crippen MR) is 77.9 cm³/mol. The number of pyridine rings is 1. The Kier molecular flexibility index (Phi) is 3.23. The van der Waals surface area contributed by atoms with Crippen molar-refractivity contribution in [3.05, 3.63) is 42.6 Å². The summed E-state index contributed by atoms with van der Waals surface area (Å²) in [4.78, 5) is 4.39. The number of hydrogen-bond donors (Lipinski definition) is 1. The zero-order chi connectivity index (χ0) is 13.9. The van der Waals surface area contributed by atoms with E-state index in [2.05, 4.69) is 21.9 Å². The molecule has 0 radical (unpaired) electrons. The Bertz CT molecular complexity index is 800. The fraction of sp³-hybridized carbons (Fsp3) is 0.200. The average molecular weight is 265 g/mol. The van der Waals surface area contributed by atoms with Gasteiger partial charge in [-0.25, -0.2) is 4.98 Å². The van der Waals surface area contributed by atoms with Gasteiger partial charge in [-0.1, -0.05) is 5.92 Å². The van der Waals surface area contributed by atoms with Gasteiger partial charge in [0.25, 0.3) is 0 Å². The predicted octanol–water partition coefficient (Wildman–Crippen LogP) is 1.44. The minimum absolute atomic E-state index is 0.578. The van der Waals surface area contributed by atoms with Crippen LogP contribution in [0.5, 0.6) is 0 Å². The third-order valence-electron chi connectivity index (χ3n) is 3.04. The van der Waals surface area contributed by atoms with E-state index in [1.807, 2.05) is 42.2 Å². The van der Waals surface area contributed by atoms with Gasteiger partial charge in [-0.2, -0.15) is 5.10 Å². The molecular formula is C15H15N5. The maximum absolute atomic E-state index is 5.43. The first-order valence-corrected chi connectivity index (χ1v) is 6.43. The van der Waals surface area contributed by atoms with E-state index in [4.69, 9.17) is 5.73 Å². The summed E-state index contributed by atoms with van der Waals surface area (Å²) in [5, 5.41) is 4.18. The number of fused-ring (bicyclic) bond motifs is 1. The van der Waals surface area contributed by atoms with Crippen molar-refractivity contribution >= 4 is 5.65 Å². The molecule has 3 rings (SSSR count). The molecule has 0 atom stereocenters. The molecule has 5 heteroatoms. The van der Waals surface area contributed by atoms with Crippen molar-refractivity contribution in [3.8, 4) is 23.0 Å². The highest BCUT2D eigenvalue weighted by Gasteiger charge is 2.05. The second-order valence-electron chi connectivity index (χ2n) is 4.53. The van der Waals surface area contributed by atoms with E-state index in [-0.39, 0.29) is 0 Å². The molecule has 3 heterocycles. The Labute approximate surface area is 117 Å². The first kappa shape index (κ1) is 12.5. The lowest BCUT2D eigenvalue weighted by Crippen LogP contribution is -1.95. The Morgan fingerprint density at radius 2 is 2.20 bits per heavy atom. The van der Waals surface area contributed by atoms with Crippen LogP contribution in [-0.2, 0) is 7.05 Å². The van der Waals surface area contributed by atoms with Gasteiger partial charge >= 0.3 is 0 Å². The quantitative estimate of drug-likeness (QED) is 0.713. The summed E-state index contributed by atoms with van der Waals surface area (Å²) in [7, 11) is 1.91. The SMILES string of the molecule is Cn1cc(-c2ccn3c(C#CCCN)cnc3c2)cn1. The number of nitrogens with zero attached hydrogens (tertiary/aromatic N) is 4. The summed E-state index contributed by atoms with van der Waals surface area (Å²) in [6, 6.07) is 4.07. The number of aryl methyl sites for hydroxylation is 1. The van der Waals surface area contributed by atoms with Crippen LogP contribution >= 0.6 is 0 Å². The van der Waals surface area contributed by atoms with E-state index >= 15 is 0 Å². The first-order chi connectivity index (χ1) is 9.78. The molecule has 0 saturated heterocycles. The van der Waals surface area contributed by atoms with Gasteiger partial charge in [0.2, 0.25) is 0 Å². The van der Waals surface area contributed by atoms with Crippen molar-refractivity contribution in [1.29, 1.82) is 0 Å². The number of aromatic nitrogens is 4. The summed E-state index contributed by atoms with van der Waals surface area (Å²) >= 11 is 0. The first-order valence-electron chi connectivity index (χ1n) is 6.43. The van der Waals surface area contributed by atoms with Crippen molar-refractivity contribution in [2.45, 2.75) is 6.42 Å². The Hall–Kier alpha value is -2.58. The van der Waals surface area contributed by atoms with Gasteiger partial charge in [-0.15, -0.1) is 0 Å². The molecular weight excluding hydrogens is 250 g/mol. The van der Waals surface area contributed by atoms with Crippen molar-refractivity contribution in [2.75, 3.05) is 6.54 Å².